The molecule has 0 fully saturated rings. The van der Waals surface area contributed by atoms with Gasteiger partial charge in [0.1, 0.15) is 5.75 Å². The Morgan fingerprint density at radius 1 is 1.12 bits per heavy atom. The van der Waals surface area contributed by atoms with Crippen molar-refractivity contribution in [3.63, 3.8) is 0 Å². The number of ether oxygens (including phenoxy) is 1. The lowest BCUT2D eigenvalue weighted by molar-refractivity contribution is -0.118. The molecule has 2 aromatic carbocycles. The predicted octanol–water partition coefficient (Wildman–Crippen LogP) is 2.45. The van der Waals surface area contributed by atoms with Crippen molar-refractivity contribution < 1.29 is 14.3 Å². The molecule has 0 saturated carbocycles. The van der Waals surface area contributed by atoms with Gasteiger partial charge in [-0.25, -0.2) is 0 Å². The third-order valence-electron chi connectivity index (χ3n) is 3.73. The zero-order valence-electron chi connectivity index (χ0n) is 14.0. The van der Waals surface area contributed by atoms with Crippen LogP contribution in [0.1, 0.15) is 17.5 Å². The van der Waals surface area contributed by atoms with Gasteiger partial charge in [-0.2, -0.15) is 0 Å². The monoisotopic (exact) mass is 326 g/mol. The summed E-state index contributed by atoms with van der Waals surface area (Å²) in [7, 11) is 1.58. The van der Waals surface area contributed by atoms with E-state index in [0.29, 0.717) is 5.75 Å². The molecule has 0 spiro atoms. The fourth-order valence-corrected chi connectivity index (χ4v) is 2.52. The molecule has 5 heteroatoms. The lowest BCUT2D eigenvalue weighted by Crippen LogP contribution is -2.35. The number of benzene rings is 2. The van der Waals surface area contributed by atoms with E-state index in [0.717, 1.165) is 16.8 Å². The Hall–Kier alpha value is -2.82. The van der Waals surface area contributed by atoms with E-state index in [4.69, 9.17) is 10.5 Å². The van der Waals surface area contributed by atoms with Crippen LogP contribution >= 0.6 is 0 Å². The Bertz CT molecular complexity index is 728. The maximum absolute atomic E-state index is 12.8. The summed E-state index contributed by atoms with van der Waals surface area (Å²) < 4.78 is 5.30. The third-order valence-corrected chi connectivity index (χ3v) is 3.73. The van der Waals surface area contributed by atoms with Crippen LogP contribution in [0.3, 0.4) is 0 Å². The Kier molecular flexibility index (Phi) is 5.95. The van der Waals surface area contributed by atoms with Crippen molar-refractivity contribution in [3.8, 4) is 5.75 Å². The van der Waals surface area contributed by atoms with Crippen molar-refractivity contribution >= 4 is 17.5 Å². The minimum atomic E-state index is -0.433. The average Bonchev–Trinajstić information content (AvgIpc) is 2.55. The number of primary amides is 1. The molecule has 0 saturated heterocycles. The summed E-state index contributed by atoms with van der Waals surface area (Å²) in [5.74, 6) is 0.133. The molecule has 0 aromatic heterocycles. The first-order valence-electron chi connectivity index (χ1n) is 7.78. The van der Waals surface area contributed by atoms with Gasteiger partial charge in [-0.1, -0.05) is 30.3 Å². The fourth-order valence-electron chi connectivity index (χ4n) is 2.52. The number of amides is 2. The van der Waals surface area contributed by atoms with Gasteiger partial charge in [0, 0.05) is 24.2 Å². The highest BCUT2D eigenvalue weighted by Crippen LogP contribution is 2.22. The van der Waals surface area contributed by atoms with E-state index in [1.54, 1.807) is 12.0 Å². The predicted molar refractivity (Wildman–Crippen MR) is 94.0 cm³/mol. The lowest BCUT2D eigenvalue weighted by atomic mass is 10.1. The van der Waals surface area contributed by atoms with Gasteiger partial charge >= 0.3 is 0 Å². The molecule has 0 radical (unpaired) electrons. The van der Waals surface area contributed by atoms with Crippen LogP contribution in [0.2, 0.25) is 0 Å². The van der Waals surface area contributed by atoms with Crippen molar-refractivity contribution in [1.29, 1.82) is 0 Å². The van der Waals surface area contributed by atoms with Crippen LogP contribution in [0.4, 0.5) is 5.69 Å². The normalized spacial score (nSPS) is 10.2. The van der Waals surface area contributed by atoms with Crippen LogP contribution in [-0.2, 0) is 16.0 Å². The van der Waals surface area contributed by atoms with E-state index >= 15 is 0 Å². The first kappa shape index (κ1) is 17.5. The largest absolute Gasteiger partial charge is 0.496 e. The molecule has 0 aliphatic rings. The number of hydrogen-bond acceptors (Lipinski definition) is 3. The number of carbonyl (C=O) groups is 2. The molecule has 5 nitrogen and oxygen atoms in total. The third kappa shape index (κ3) is 4.59. The Morgan fingerprint density at radius 3 is 2.54 bits per heavy atom. The molecule has 0 atom stereocenters. The summed E-state index contributed by atoms with van der Waals surface area (Å²) in [6, 6.07) is 15.0. The van der Waals surface area contributed by atoms with Gasteiger partial charge in [-0.15, -0.1) is 0 Å². The van der Waals surface area contributed by atoms with E-state index in [-0.39, 0.29) is 25.3 Å². The quantitative estimate of drug-likeness (QED) is 0.849. The molecule has 0 unspecified atom stereocenters. The summed E-state index contributed by atoms with van der Waals surface area (Å²) in [5, 5.41) is 0. The van der Waals surface area contributed by atoms with Crippen LogP contribution in [0, 0.1) is 6.92 Å². The molecule has 0 heterocycles. The summed E-state index contributed by atoms with van der Waals surface area (Å²) in [6.45, 7) is 2.22. The van der Waals surface area contributed by atoms with E-state index in [2.05, 4.69) is 0 Å². The Morgan fingerprint density at radius 2 is 1.88 bits per heavy atom. The molecule has 126 valence electrons. The number of aryl methyl sites for hydroxylation is 1. The van der Waals surface area contributed by atoms with Gasteiger partial charge in [-0.05, 0) is 30.7 Å². The van der Waals surface area contributed by atoms with Crippen LogP contribution < -0.4 is 15.4 Å². The average molecular weight is 326 g/mol. The molecule has 0 aliphatic carbocycles. The van der Waals surface area contributed by atoms with Gasteiger partial charge in [0.25, 0.3) is 0 Å². The van der Waals surface area contributed by atoms with E-state index in [1.165, 1.54) is 0 Å². The molecule has 2 rings (SSSR count). The smallest absolute Gasteiger partial charge is 0.231 e. The minimum absolute atomic E-state index is 0.105. The number of nitrogens with two attached hydrogens (primary N) is 1. The van der Waals surface area contributed by atoms with Gasteiger partial charge < -0.3 is 15.4 Å². The molecule has 2 N–H and O–H groups in total. The van der Waals surface area contributed by atoms with Gasteiger partial charge in [-0.3, -0.25) is 9.59 Å². The lowest BCUT2D eigenvalue weighted by Gasteiger charge is -2.23. The summed E-state index contributed by atoms with van der Waals surface area (Å²) in [6.07, 6.45) is 0.308. The van der Waals surface area contributed by atoms with Gasteiger partial charge in [0.05, 0.1) is 13.5 Å². The molecule has 0 aliphatic heterocycles. The highest BCUT2D eigenvalue weighted by Gasteiger charge is 2.18. The second-order valence-electron chi connectivity index (χ2n) is 5.59. The number of hydrogen-bond donors (Lipinski definition) is 1. The second kappa shape index (κ2) is 8.15. The number of carbonyl (C=O) groups excluding carboxylic acids is 2. The summed E-state index contributed by atoms with van der Waals surface area (Å²) in [4.78, 5) is 25.6. The maximum atomic E-state index is 12.8. The zero-order valence-corrected chi connectivity index (χ0v) is 14.0. The van der Waals surface area contributed by atoms with E-state index < -0.39 is 5.91 Å². The van der Waals surface area contributed by atoms with Crippen molar-refractivity contribution in [2.45, 2.75) is 19.8 Å². The van der Waals surface area contributed by atoms with Crippen LogP contribution in [0.15, 0.2) is 48.5 Å². The Balaban J connectivity index is 2.25. The van der Waals surface area contributed by atoms with Crippen molar-refractivity contribution in [2.75, 3.05) is 18.6 Å². The number of rotatable bonds is 7. The maximum Gasteiger partial charge on any atom is 0.231 e. The van der Waals surface area contributed by atoms with Crippen molar-refractivity contribution in [2.24, 2.45) is 5.73 Å². The highest BCUT2D eigenvalue weighted by molar-refractivity contribution is 5.95. The summed E-state index contributed by atoms with van der Waals surface area (Å²) >= 11 is 0. The van der Waals surface area contributed by atoms with Crippen molar-refractivity contribution in [1.82, 2.24) is 0 Å². The SMILES string of the molecule is COc1ccccc1CC(=O)N(CCC(N)=O)c1cccc(C)c1. The molecule has 2 aromatic rings. The van der Waals surface area contributed by atoms with Crippen LogP contribution in [0.5, 0.6) is 5.75 Å². The van der Waals surface area contributed by atoms with Crippen molar-refractivity contribution in [3.05, 3.63) is 59.7 Å². The first-order chi connectivity index (χ1) is 11.5. The number of methoxy groups -OCH3 is 1. The number of para-hydroxylation sites is 1. The standard InChI is InChI=1S/C19H22N2O3/c1-14-6-5-8-16(12-14)21(11-10-18(20)22)19(23)13-15-7-3-4-9-17(15)24-2/h3-9,12H,10-11,13H2,1-2H3,(H2,20,22). The second-order valence-corrected chi connectivity index (χ2v) is 5.59. The minimum Gasteiger partial charge on any atom is -0.496 e. The summed E-state index contributed by atoms with van der Waals surface area (Å²) in [5.41, 5.74) is 7.86. The Labute approximate surface area is 142 Å². The van der Waals surface area contributed by atoms with Crippen LogP contribution in [0.25, 0.3) is 0 Å². The molecular formula is C19H22N2O3. The van der Waals surface area contributed by atoms with E-state index in [9.17, 15) is 9.59 Å². The number of nitrogens with zero attached hydrogens (tertiary/aromatic N) is 1. The zero-order chi connectivity index (χ0) is 17.5. The molecular weight excluding hydrogens is 304 g/mol. The topological polar surface area (TPSA) is 72.6 Å². The van der Waals surface area contributed by atoms with Crippen LogP contribution in [-0.4, -0.2) is 25.5 Å². The molecule has 24 heavy (non-hydrogen) atoms. The fraction of sp³-hybridized carbons (Fsp3) is 0.263. The highest BCUT2D eigenvalue weighted by atomic mass is 16.5. The first-order valence-corrected chi connectivity index (χ1v) is 7.78. The van der Waals surface area contributed by atoms with E-state index in [1.807, 2.05) is 55.5 Å². The molecule has 2 amide bonds. The molecule has 0 bridgehead atoms. The number of anilines is 1. The van der Waals surface area contributed by atoms with Gasteiger partial charge in [0.2, 0.25) is 11.8 Å². The van der Waals surface area contributed by atoms with Gasteiger partial charge in [0.15, 0.2) is 0 Å².